The Labute approximate surface area is 117 Å². The fourth-order valence-electron chi connectivity index (χ4n) is 2.40. The maximum atomic E-state index is 12.6. The maximum Gasteiger partial charge on any atom is 0.326 e. The Bertz CT molecular complexity index is 467. The minimum absolute atomic E-state index is 0.0401. The third-order valence-corrected chi connectivity index (χ3v) is 4.14. The number of carbonyl (C=O) groups is 2. The Balaban J connectivity index is 2.67. The molecule has 7 nitrogen and oxygen atoms in total. The van der Waals surface area contributed by atoms with Crippen molar-refractivity contribution in [3.63, 3.8) is 0 Å². The molecule has 0 spiro atoms. The van der Waals surface area contributed by atoms with Crippen LogP contribution in [0.5, 0.6) is 0 Å². The molecular weight excluding hydrogens is 291 g/mol. The van der Waals surface area contributed by atoms with Gasteiger partial charge in [0.1, 0.15) is 6.04 Å². The van der Waals surface area contributed by atoms with Gasteiger partial charge >= 0.3 is 16.2 Å². The number of carboxylic acid groups (broad SMARTS) is 1. The monoisotopic (exact) mass is 310 g/mol. The number of rotatable bonds is 8. The van der Waals surface area contributed by atoms with E-state index in [0.29, 0.717) is 19.4 Å². The first-order valence-electron chi connectivity index (χ1n) is 6.39. The molecule has 1 saturated heterocycles. The molecule has 116 valence electrons. The first kappa shape index (κ1) is 16.8. The largest absolute Gasteiger partial charge is 0.480 e. The summed E-state index contributed by atoms with van der Waals surface area (Å²) in [7, 11) is -4.66. The molecule has 3 N–H and O–H groups in total. The van der Waals surface area contributed by atoms with E-state index in [1.165, 1.54) is 0 Å². The number of hydrogen-bond acceptors (Lipinski definition) is 5. The van der Waals surface area contributed by atoms with E-state index < -0.39 is 39.8 Å². The smallest absolute Gasteiger partial charge is 0.326 e. The van der Waals surface area contributed by atoms with Crippen molar-refractivity contribution in [1.29, 1.82) is 0 Å². The van der Waals surface area contributed by atoms with Gasteiger partial charge in [0.25, 0.3) is 0 Å². The number of nitrogens with two attached hydrogens (primary N) is 1. The van der Waals surface area contributed by atoms with Crippen molar-refractivity contribution in [2.75, 3.05) is 18.8 Å². The van der Waals surface area contributed by atoms with E-state index in [4.69, 9.17) is 10.8 Å². The highest BCUT2D eigenvalue weighted by Gasteiger charge is 2.38. The number of hydrogen-bond donors (Lipinski definition) is 2. The summed E-state index contributed by atoms with van der Waals surface area (Å²) in [6, 6.07) is -0.999. The fourth-order valence-corrected chi connectivity index (χ4v) is 3.18. The summed E-state index contributed by atoms with van der Waals surface area (Å²) in [5.41, 5.74) is 5.33. The molecule has 0 saturated carbocycles. The number of aliphatic carboxylic acids is 1. The molecule has 2 atom stereocenters. The molecule has 20 heavy (non-hydrogen) atoms. The van der Waals surface area contributed by atoms with E-state index in [1.54, 1.807) is 0 Å². The zero-order chi connectivity index (χ0) is 15.3. The average molecular weight is 310 g/mol. The summed E-state index contributed by atoms with van der Waals surface area (Å²) in [6.45, 7) is 0.393. The van der Waals surface area contributed by atoms with Gasteiger partial charge in [0, 0.05) is 18.9 Å². The van der Waals surface area contributed by atoms with Crippen molar-refractivity contribution >= 4 is 22.1 Å². The molecule has 1 rings (SSSR count). The van der Waals surface area contributed by atoms with Crippen LogP contribution < -0.4 is 5.73 Å². The van der Waals surface area contributed by atoms with Gasteiger partial charge in [0.2, 0.25) is 5.91 Å². The van der Waals surface area contributed by atoms with Crippen LogP contribution in [0.15, 0.2) is 0 Å². The zero-order valence-electron chi connectivity index (χ0n) is 11.0. The first-order chi connectivity index (χ1) is 9.24. The van der Waals surface area contributed by atoms with Gasteiger partial charge in [-0.05, 0) is 25.8 Å². The molecular formula is C11H19FN2O5S. The molecule has 0 bridgehead atoms. The van der Waals surface area contributed by atoms with Gasteiger partial charge in [-0.2, -0.15) is 8.42 Å². The van der Waals surface area contributed by atoms with Crippen molar-refractivity contribution in [3.8, 4) is 0 Å². The first-order valence-corrected chi connectivity index (χ1v) is 7.94. The second-order valence-electron chi connectivity index (χ2n) is 4.96. The molecule has 0 aliphatic carbocycles. The Hall–Kier alpha value is -1.22. The highest BCUT2D eigenvalue weighted by molar-refractivity contribution is 7.86. The van der Waals surface area contributed by atoms with Gasteiger partial charge in [-0.1, -0.05) is 0 Å². The van der Waals surface area contributed by atoms with Crippen molar-refractivity contribution < 1.29 is 27.0 Å². The second-order valence-corrected chi connectivity index (χ2v) is 6.37. The van der Waals surface area contributed by atoms with Crippen molar-refractivity contribution in [1.82, 2.24) is 4.90 Å². The van der Waals surface area contributed by atoms with Crippen LogP contribution in [0.4, 0.5) is 3.89 Å². The van der Waals surface area contributed by atoms with E-state index >= 15 is 0 Å². The topological polar surface area (TPSA) is 118 Å². The van der Waals surface area contributed by atoms with Crippen LogP contribution >= 0.6 is 0 Å². The van der Waals surface area contributed by atoms with Gasteiger partial charge in [0.05, 0.1) is 5.75 Å². The van der Waals surface area contributed by atoms with Crippen LogP contribution in [0.2, 0.25) is 0 Å². The normalized spacial score (nSPS) is 21.2. The van der Waals surface area contributed by atoms with Gasteiger partial charge in [0.15, 0.2) is 0 Å². The fraction of sp³-hybridized carbons (Fsp3) is 0.818. The number of unbranched alkanes of at least 4 members (excludes halogenated alkanes) is 1. The second kappa shape index (κ2) is 6.98. The minimum Gasteiger partial charge on any atom is -0.480 e. The predicted octanol–water partition coefficient (Wildman–Crippen LogP) is -0.284. The number of amides is 1. The summed E-state index contributed by atoms with van der Waals surface area (Å²) in [4.78, 5) is 24.1. The number of likely N-dealkylation sites (tertiary alicyclic amines) is 1. The highest BCUT2D eigenvalue weighted by atomic mass is 32.3. The van der Waals surface area contributed by atoms with Gasteiger partial charge in [-0.25, -0.2) is 4.79 Å². The lowest BCUT2D eigenvalue weighted by molar-refractivity contribution is -0.148. The third-order valence-electron chi connectivity index (χ3n) is 3.27. The quantitative estimate of drug-likeness (QED) is 0.470. The third kappa shape index (κ3) is 5.04. The van der Waals surface area contributed by atoms with E-state index in [0.717, 1.165) is 4.90 Å². The van der Waals surface area contributed by atoms with Crippen LogP contribution in [-0.4, -0.2) is 55.2 Å². The lowest BCUT2D eigenvalue weighted by Crippen LogP contribution is -2.42. The van der Waals surface area contributed by atoms with Crippen molar-refractivity contribution in [2.24, 2.45) is 11.7 Å². The van der Waals surface area contributed by atoms with Crippen LogP contribution in [0, 0.1) is 5.92 Å². The highest BCUT2D eigenvalue weighted by Crippen LogP contribution is 2.24. The molecule has 1 fully saturated rings. The molecule has 9 heteroatoms. The van der Waals surface area contributed by atoms with E-state index in [9.17, 15) is 21.9 Å². The Morgan fingerprint density at radius 1 is 1.50 bits per heavy atom. The zero-order valence-corrected chi connectivity index (χ0v) is 11.8. The lowest BCUT2D eigenvalue weighted by Gasteiger charge is -2.24. The molecule has 1 aliphatic heterocycles. The van der Waals surface area contributed by atoms with E-state index in [1.807, 2.05) is 0 Å². The van der Waals surface area contributed by atoms with Gasteiger partial charge in [-0.15, -0.1) is 3.89 Å². The summed E-state index contributed by atoms with van der Waals surface area (Å²) in [6.07, 6.45) is 1.33. The minimum atomic E-state index is -4.66. The number of halogens is 1. The predicted molar refractivity (Wildman–Crippen MR) is 69.0 cm³/mol. The number of carbonyl (C=O) groups excluding carboxylic acids is 1. The van der Waals surface area contributed by atoms with Crippen LogP contribution in [0.3, 0.4) is 0 Å². The Morgan fingerprint density at radius 2 is 2.15 bits per heavy atom. The molecule has 1 aliphatic rings. The molecule has 0 aromatic carbocycles. The van der Waals surface area contributed by atoms with Crippen molar-refractivity contribution in [3.05, 3.63) is 0 Å². The molecule has 1 amide bonds. The number of carboxylic acids is 1. The van der Waals surface area contributed by atoms with Crippen molar-refractivity contribution in [2.45, 2.75) is 31.7 Å². The number of nitrogens with zero attached hydrogens (tertiary/aromatic N) is 1. The van der Waals surface area contributed by atoms with E-state index in [-0.39, 0.29) is 19.4 Å². The Kier molecular flexibility index (Phi) is 5.88. The van der Waals surface area contributed by atoms with Gasteiger partial charge < -0.3 is 15.7 Å². The Morgan fingerprint density at radius 3 is 2.65 bits per heavy atom. The molecule has 2 unspecified atom stereocenters. The molecule has 0 aromatic rings. The SMILES string of the molecule is NCCCCC(C(=O)O)N1CC(CS(=O)(=O)F)CC1=O. The average Bonchev–Trinajstić information content (AvgIpc) is 2.62. The van der Waals surface area contributed by atoms with E-state index in [2.05, 4.69) is 0 Å². The standard InChI is InChI=1S/C11H19FN2O5S/c12-20(18,19)7-8-5-10(15)14(6-8)9(11(16)17)3-1-2-4-13/h8-9H,1-7,13H2,(H,16,17). The van der Waals surface area contributed by atoms with Crippen LogP contribution in [-0.2, 0) is 19.8 Å². The summed E-state index contributed by atoms with van der Waals surface area (Å²) < 4.78 is 33.8. The molecule has 0 aromatic heterocycles. The summed E-state index contributed by atoms with van der Waals surface area (Å²) in [5.74, 6) is -3.02. The van der Waals surface area contributed by atoms with Gasteiger partial charge in [-0.3, -0.25) is 4.79 Å². The van der Waals surface area contributed by atoms with Crippen LogP contribution in [0.1, 0.15) is 25.7 Å². The summed E-state index contributed by atoms with van der Waals surface area (Å²) in [5, 5.41) is 9.15. The summed E-state index contributed by atoms with van der Waals surface area (Å²) >= 11 is 0. The molecule has 0 radical (unpaired) electrons. The maximum absolute atomic E-state index is 12.6. The lowest BCUT2D eigenvalue weighted by atomic mass is 10.1. The van der Waals surface area contributed by atoms with Crippen LogP contribution in [0.25, 0.3) is 0 Å². The molecule has 1 heterocycles.